The minimum absolute atomic E-state index is 0.183. The zero-order valence-electron chi connectivity index (χ0n) is 7.61. The Labute approximate surface area is 95.7 Å². The molecular weight excluding hydrogens is 232 g/mol. The maximum absolute atomic E-state index is 11.6. The van der Waals surface area contributed by atoms with Gasteiger partial charge in [-0.15, -0.1) is 0 Å². The van der Waals surface area contributed by atoms with Crippen molar-refractivity contribution in [2.75, 3.05) is 5.32 Å². The number of hydrogen-bond donors (Lipinski definition) is 1. The highest BCUT2D eigenvalue weighted by atomic mass is 35.5. The van der Waals surface area contributed by atoms with Crippen molar-refractivity contribution in [2.24, 2.45) is 0 Å². The lowest BCUT2D eigenvalue weighted by molar-refractivity contribution is 0.102. The van der Waals surface area contributed by atoms with Crippen molar-refractivity contribution < 1.29 is 4.79 Å². The molecule has 2 rings (SSSR count). The average Bonchev–Trinajstić information content (AvgIpc) is 2.71. The van der Waals surface area contributed by atoms with Crippen LogP contribution in [0.4, 0.5) is 5.69 Å². The number of rotatable bonds is 2. The Morgan fingerprint density at radius 3 is 2.87 bits per heavy atom. The van der Waals surface area contributed by atoms with Gasteiger partial charge < -0.3 is 5.32 Å². The molecule has 2 aromatic rings. The van der Waals surface area contributed by atoms with E-state index in [4.69, 9.17) is 11.6 Å². The number of halogens is 1. The number of aromatic nitrogens is 1. The summed E-state index contributed by atoms with van der Waals surface area (Å²) in [5.74, 6) is -0.183. The van der Waals surface area contributed by atoms with Crippen LogP contribution in [0.15, 0.2) is 35.2 Å². The fraction of sp³-hybridized carbons (Fsp3) is 0. The first-order chi connectivity index (χ1) is 7.25. The first kappa shape index (κ1) is 10.1. The van der Waals surface area contributed by atoms with Gasteiger partial charge in [0.25, 0.3) is 5.91 Å². The summed E-state index contributed by atoms with van der Waals surface area (Å²) in [6, 6.07) is 5.06. The second-order valence-electron chi connectivity index (χ2n) is 2.84. The van der Waals surface area contributed by atoms with Crippen LogP contribution in [0.1, 0.15) is 10.4 Å². The van der Waals surface area contributed by atoms with E-state index < -0.39 is 0 Å². The Kier molecular flexibility index (Phi) is 2.99. The van der Waals surface area contributed by atoms with Gasteiger partial charge in [0, 0.05) is 11.6 Å². The van der Waals surface area contributed by atoms with Gasteiger partial charge in [0.1, 0.15) is 5.15 Å². The largest absolute Gasteiger partial charge is 0.321 e. The minimum atomic E-state index is -0.183. The lowest BCUT2D eigenvalue weighted by atomic mass is 10.2. The number of carbonyl (C=O) groups excluding carboxylic acids is 1. The molecule has 76 valence electrons. The number of anilines is 1. The van der Waals surface area contributed by atoms with Crippen molar-refractivity contribution in [3.63, 3.8) is 0 Å². The highest BCUT2D eigenvalue weighted by Crippen LogP contribution is 2.13. The van der Waals surface area contributed by atoms with Crippen LogP contribution in [0.5, 0.6) is 0 Å². The first-order valence-electron chi connectivity index (χ1n) is 4.21. The molecule has 1 amide bonds. The number of nitrogens with one attached hydrogen (secondary N) is 1. The van der Waals surface area contributed by atoms with Crippen LogP contribution < -0.4 is 5.32 Å². The summed E-state index contributed by atoms with van der Waals surface area (Å²) in [6.45, 7) is 0. The Morgan fingerprint density at radius 2 is 2.27 bits per heavy atom. The molecule has 0 fully saturated rings. The maximum Gasteiger partial charge on any atom is 0.257 e. The van der Waals surface area contributed by atoms with Gasteiger partial charge in [-0.3, -0.25) is 4.79 Å². The average molecular weight is 239 g/mol. The van der Waals surface area contributed by atoms with Gasteiger partial charge in [-0.2, -0.15) is 11.3 Å². The molecule has 0 aliphatic heterocycles. The van der Waals surface area contributed by atoms with Gasteiger partial charge >= 0.3 is 0 Å². The molecule has 1 N–H and O–H groups in total. The van der Waals surface area contributed by atoms with E-state index in [1.807, 2.05) is 16.8 Å². The third-order valence-corrected chi connectivity index (χ3v) is 2.68. The summed E-state index contributed by atoms with van der Waals surface area (Å²) in [4.78, 5) is 15.5. The van der Waals surface area contributed by atoms with E-state index in [9.17, 15) is 4.79 Å². The fourth-order valence-corrected chi connectivity index (χ4v) is 1.75. The molecule has 0 atom stereocenters. The summed E-state index contributed by atoms with van der Waals surface area (Å²) < 4.78 is 0. The molecule has 2 aromatic heterocycles. The molecule has 0 saturated heterocycles. The first-order valence-corrected chi connectivity index (χ1v) is 5.53. The third-order valence-electron chi connectivity index (χ3n) is 1.77. The van der Waals surface area contributed by atoms with Crippen LogP contribution in [0.25, 0.3) is 0 Å². The smallest absolute Gasteiger partial charge is 0.257 e. The SMILES string of the molecule is O=C(Nc1ccsc1)c1ccc(Cl)nc1. The zero-order valence-corrected chi connectivity index (χ0v) is 9.18. The van der Waals surface area contributed by atoms with Gasteiger partial charge in [-0.05, 0) is 23.6 Å². The van der Waals surface area contributed by atoms with Gasteiger partial charge in [0.15, 0.2) is 0 Å². The van der Waals surface area contributed by atoms with Gasteiger partial charge in [0.05, 0.1) is 11.3 Å². The van der Waals surface area contributed by atoms with Crippen molar-refractivity contribution in [3.8, 4) is 0 Å². The molecule has 3 nitrogen and oxygen atoms in total. The quantitative estimate of drug-likeness (QED) is 0.817. The van der Waals surface area contributed by atoms with E-state index >= 15 is 0 Å². The number of thiophene rings is 1. The third kappa shape index (κ3) is 2.55. The molecule has 0 radical (unpaired) electrons. The second kappa shape index (κ2) is 4.42. The number of amides is 1. The lowest BCUT2D eigenvalue weighted by Gasteiger charge is -2.01. The normalized spacial score (nSPS) is 9.93. The summed E-state index contributed by atoms with van der Waals surface area (Å²) in [5.41, 5.74) is 1.28. The van der Waals surface area contributed by atoms with Crippen LogP contribution in [-0.2, 0) is 0 Å². The van der Waals surface area contributed by atoms with Crippen molar-refractivity contribution >= 4 is 34.5 Å². The second-order valence-corrected chi connectivity index (χ2v) is 4.00. The summed E-state index contributed by atoms with van der Waals surface area (Å²) in [7, 11) is 0. The predicted octanol–water partition coefficient (Wildman–Crippen LogP) is 3.05. The van der Waals surface area contributed by atoms with Crippen LogP contribution in [0.3, 0.4) is 0 Å². The van der Waals surface area contributed by atoms with Crippen LogP contribution >= 0.6 is 22.9 Å². The van der Waals surface area contributed by atoms with E-state index in [-0.39, 0.29) is 5.91 Å². The molecular formula is C10H7ClN2OS. The molecule has 0 aliphatic rings. The Bertz CT molecular complexity index is 453. The predicted molar refractivity (Wildman–Crippen MR) is 61.5 cm³/mol. The fourth-order valence-electron chi connectivity index (χ4n) is 1.05. The van der Waals surface area contributed by atoms with Crippen molar-refractivity contribution in [1.29, 1.82) is 0 Å². The zero-order chi connectivity index (χ0) is 10.7. The standard InChI is InChI=1S/C10H7ClN2OS/c11-9-2-1-7(5-12-9)10(14)13-8-3-4-15-6-8/h1-6H,(H,13,14). The molecule has 0 aliphatic carbocycles. The maximum atomic E-state index is 11.6. The molecule has 0 bridgehead atoms. The van der Waals surface area contributed by atoms with Crippen molar-refractivity contribution in [2.45, 2.75) is 0 Å². The highest BCUT2D eigenvalue weighted by molar-refractivity contribution is 7.08. The molecule has 0 aromatic carbocycles. The van der Waals surface area contributed by atoms with E-state index in [1.54, 1.807) is 12.1 Å². The molecule has 15 heavy (non-hydrogen) atoms. The molecule has 0 saturated carbocycles. The minimum Gasteiger partial charge on any atom is -0.321 e. The summed E-state index contributed by atoms with van der Waals surface area (Å²) in [6.07, 6.45) is 1.45. The van der Waals surface area contributed by atoms with E-state index in [1.165, 1.54) is 17.5 Å². The topological polar surface area (TPSA) is 42.0 Å². The summed E-state index contributed by atoms with van der Waals surface area (Å²) >= 11 is 7.15. The van der Waals surface area contributed by atoms with Crippen LogP contribution in [-0.4, -0.2) is 10.9 Å². The Balaban J connectivity index is 2.11. The van der Waals surface area contributed by atoms with Gasteiger partial charge in [-0.25, -0.2) is 4.98 Å². The molecule has 0 unspecified atom stereocenters. The van der Waals surface area contributed by atoms with E-state index in [2.05, 4.69) is 10.3 Å². The molecule has 0 spiro atoms. The Morgan fingerprint density at radius 1 is 1.40 bits per heavy atom. The highest BCUT2D eigenvalue weighted by Gasteiger charge is 2.06. The van der Waals surface area contributed by atoms with E-state index in [0.717, 1.165) is 5.69 Å². The molecule has 2 heterocycles. The van der Waals surface area contributed by atoms with E-state index in [0.29, 0.717) is 10.7 Å². The summed E-state index contributed by atoms with van der Waals surface area (Å²) in [5, 5.41) is 6.88. The number of hydrogen-bond acceptors (Lipinski definition) is 3. The van der Waals surface area contributed by atoms with Crippen LogP contribution in [0.2, 0.25) is 5.15 Å². The van der Waals surface area contributed by atoms with Crippen molar-refractivity contribution in [3.05, 3.63) is 45.9 Å². The van der Waals surface area contributed by atoms with Gasteiger partial charge in [-0.1, -0.05) is 11.6 Å². The lowest BCUT2D eigenvalue weighted by Crippen LogP contribution is -2.11. The van der Waals surface area contributed by atoms with Crippen molar-refractivity contribution in [1.82, 2.24) is 4.98 Å². The number of carbonyl (C=O) groups is 1. The monoisotopic (exact) mass is 238 g/mol. The number of nitrogens with zero attached hydrogens (tertiary/aromatic N) is 1. The van der Waals surface area contributed by atoms with Crippen LogP contribution in [0, 0.1) is 0 Å². The van der Waals surface area contributed by atoms with Gasteiger partial charge in [0.2, 0.25) is 0 Å². The molecule has 5 heteroatoms. The number of pyridine rings is 1. The Hall–Kier alpha value is -1.39.